The Bertz CT molecular complexity index is 4050. The summed E-state index contributed by atoms with van der Waals surface area (Å²) in [6.07, 6.45) is 25.7. The molecule has 0 unspecified atom stereocenters. The zero-order valence-electron chi connectivity index (χ0n) is 83.3. The number of nitrogens with one attached hydrogen (secondary N) is 2. The predicted molar refractivity (Wildman–Crippen MR) is 530 cm³/mol. The van der Waals surface area contributed by atoms with Gasteiger partial charge >= 0.3 is 0 Å². The van der Waals surface area contributed by atoms with Crippen LogP contribution in [0, 0.1) is 6.92 Å². The molecule has 0 saturated carbocycles. The van der Waals surface area contributed by atoms with Crippen molar-refractivity contribution in [2.24, 2.45) is 0 Å². The Balaban J connectivity index is 0.821. The fraction of sp³-hybridized carbons (Fsp3) is 0.655. The van der Waals surface area contributed by atoms with Gasteiger partial charge in [0.2, 0.25) is 0 Å². The monoisotopic (exact) mass is 1800 g/mol. The van der Waals surface area contributed by atoms with Gasteiger partial charge in [-0.05, 0) is 153 Å². The fourth-order valence-electron chi connectivity index (χ4n) is 17.4. The van der Waals surface area contributed by atoms with Gasteiger partial charge in [0.05, 0.1) is 127 Å². The van der Waals surface area contributed by atoms with Crippen molar-refractivity contribution < 1.29 is 66.4 Å². The number of ether oxygens (including phenoxy) is 12. The molecule has 2 amide bonds. The minimum atomic E-state index is -0.247. The van der Waals surface area contributed by atoms with E-state index in [2.05, 4.69) is 197 Å². The number of amides is 2. The number of hydrogen-bond donors (Lipinski definition) is 2. The molecule has 2 aliphatic heterocycles. The molecular weight excluding hydrogens is 1630 g/mol. The first kappa shape index (κ1) is 108. The third-order valence-electron chi connectivity index (χ3n) is 25.2. The van der Waals surface area contributed by atoms with Crippen molar-refractivity contribution in [1.82, 2.24) is 30.2 Å². The Labute approximate surface area is 786 Å². The van der Waals surface area contributed by atoms with Crippen LogP contribution in [0.1, 0.15) is 280 Å². The molecule has 6 aromatic carbocycles. The number of unbranched alkanes of at least 4 members (excludes halogenated alkanes) is 18. The second kappa shape index (κ2) is 61.8. The van der Waals surface area contributed by atoms with Crippen molar-refractivity contribution >= 4 is 11.8 Å². The Morgan fingerprint density at radius 3 is 0.915 bits per heavy atom. The third kappa shape index (κ3) is 41.9. The van der Waals surface area contributed by atoms with Gasteiger partial charge in [0, 0.05) is 103 Å². The molecule has 0 atom stereocenters. The number of nitrogens with zero attached hydrogens (tertiary/aromatic N) is 4. The summed E-state index contributed by atoms with van der Waals surface area (Å²) >= 11 is 0. The predicted octanol–water partition coefficient (Wildman–Crippen LogP) is 20.0. The van der Waals surface area contributed by atoms with Crippen molar-refractivity contribution in [3.05, 3.63) is 187 Å². The summed E-state index contributed by atoms with van der Waals surface area (Å²) in [6, 6.07) is 38.9. The van der Waals surface area contributed by atoms with Crippen molar-refractivity contribution in [1.29, 1.82) is 0 Å². The van der Waals surface area contributed by atoms with Gasteiger partial charge in [0.15, 0.2) is 6.61 Å². The number of methoxy groups -OCH3 is 3. The van der Waals surface area contributed by atoms with Crippen molar-refractivity contribution in [2.45, 2.75) is 260 Å². The van der Waals surface area contributed by atoms with Gasteiger partial charge < -0.3 is 67.5 Å². The summed E-state index contributed by atoms with van der Waals surface area (Å²) in [6.45, 7) is 46.6. The normalized spacial score (nSPS) is 16.1. The van der Waals surface area contributed by atoms with E-state index in [0.717, 1.165) is 185 Å². The Kier molecular flexibility index (Phi) is 51.5. The number of rotatable bonds is 44. The van der Waals surface area contributed by atoms with Crippen LogP contribution in [0.25, 0.3) is 0 Å². The third-order valence-corrected chi connectivity index (χ3v) is 25.2. The first-order valence-electron chi connectivity index (χ1n) is 50.0. The second-order valence-electron chi connectivity index (χ2n) is 39.0. The molecule has 0 aromatic heterocycles. The van der Waals surface area contributed by atoms with Crippen LogP contribution in [0.15, 0.2) is 109 Å². The van der Waals surface area contributed by atoms with Crippen LogP contribution in [0.3, 0.4) is 0 Å². The molecule has 20 heteroatoms. The summed E-state index contributed by atoms with van der Waals surface area (Å²) < 4.78 is 74.2. The molecule has 0 aliphatic carbocycles. The van der Waals surface area contributed by atoms with E-state index in [1.807, 2.05) is 19.1 Å². The zero-order chi connectivity index (χ0) is 92.9. The summed E-state index contributed by atoms with van der Waals surface area (Å²) in [5.74, 6) is 2.84. The van der Waals surface area contributed by atoms with E-state index in [4.69, 9.17) is 56.8 Å². The van der Waals surface area contributed by atoms with E-state index >= 15 is 0 Å². The fourth-order valence-corrected chi connectivity index (χ4v) is 17.4. The smallest absolute Gasteiger partial charge is 0.257 e. The van der Waals surface area contributed by atoms with Gasteiger partial charge in [-0.15, -0.1) is 0 Å². The molecule has 726 valence electrons. The van der Waals surface area contributed by atoms with Crippen molar-refractivity contribution in [2.75, 3.05) is 212 Å². The maximum absolute atomic E-state index is 14.5. The second-order valence-corrected chi connectivity index (χ2v) is 39.0. The highest BCUT2D eigenvalue weighted by Crippen LogP contribution is 2.42. The average Bonchev–Trinajstić information content (AvgIpc) is 0.769. The average molecular weight is 1800 g/mol. The molecule has 20 nitrogen and oxygen atoms in total. The van der Waals surface area contributed by atoms with Crippen molar-refractivity contribution in [3.8, 4) is 23.0 Å². The summed E-state index contributed by atoms with van der Waals surface area (Å²) in [5.41, 5.74) is 14.4. The van der Waals surface area contributed by atoms with Crippen LogP contribution in [0.2, 0.25) is 0 Å². The number of benzene rings is 6. The molecule has 2 saturated heterocycles. The molecule has 2 fully saturated rings. The molecule has 0 spiro atoms. The molecule has 0 bridgehead atoms. The minimum Gasteiger partial charge on any atom is -0.496 e. The van der Waals surface area contributed by atoms with Crippen LogP contribution >= 0.6 is 0 Å². The highest BCUT2D eigenvalue weighted by Gasteiger charge is 2.28. The first-order valence-corrected chi connectivity index (χ1v) is 50.0. The van der Waals surface area contributed by atoms with Gasteiger partial charge in [0.1, 0.15) is 23.0 Å². The lowest BCUT2D eigenvalue weighted by Gasteiger charge is -2.27. The summed E-state index contributed by atoms with van der Waals surface area (Å²) in [5, 5.41) is 6.46. The molecule has 2 heterocycles. The Hall–Kier alpha value is -7.02. The Morgan fingerprint density at radius 2 is 0.608 bits per heavy atom. The molecule has 130 heavy (non-hydrogen) atoms. The number of carbonyl (C=O) groups is 2. The maximum atomic E-state index is 14.5. The highest BCUT2D eigenvalue weighted by molar-refractivity contribution is 5.95. The number of carbonyl (C=O) groups excluding carboxylic acids is 2. The van der Waals surface area contributed by atoms with Crippen LogP contribution < -0.4 is 29.6 Å². The van der Waals surface area contributed by atoms with E-state index in [9.17, 15) is 9.59 Å². The topological polar surface area (TPSA) is 182 Å². The molecule has 2 aliphatic rings. The maximum Gasteiger partial charge on any atom is 0.257 e. The van der Waals surface area contributed by atoms with E-state index < -0.39 is 0 Å². The standard InChI is InChI=1S/C110H172N6O14/c1-15-91-79-99(108(3,4)5)80-93(104(91)119-12)76-95-82-101(110(9,10)11)84-97(106(95)121-14)77-96-83-100(109(6,7)8)81-94(105(96)120-13)75-92-78-98(107(118)112-47-39-29-25-21-17-19-23-27-31-41-49-114-52-60-124-68-72-128-64-56-116(86-90-44-36-33-37-45-90)57-65-129-73-69-125-61-53-114)74-88(2)103(92)130-87-102(117)111-46-38-28-24-20-16-18-22-26-30-40-48-113-50-58-122-66-70-126-62-54-115(85-89-42-34-32-35-43-89)55-63-127-71-67-123-59-51-113/h32-37,42-45,74,78-84H,15-31,38-41,46-73,75-77,85-87H2,1-14H3,(H,111,117)(H,112,118). The van der Waals surface area contributed by atoms with Gasteiger partial charge in [-0.2, -0.15) is 0 Å². The Morgan fingerprint density at radius 1 is 0.331 bits per heavy atom. The van der Waals surface area contributed by atoms with E-state index in [1.165, 1.54) is 118 Å². The molecule has 0 radical (unpaired) electrons. The number of aryl methyl sites for hydroxylation is 2. The quantitative estimate of drug-likeness (QED) is 0.0344. The highest BCUT2D eigenvalue weighted by atomic mass is 16.5. The van der Waals surface area contributed by atoms with Crippen LogP contribution in [-0.4, -0.2) is 244 Å². The first-order chi connectivity index (χ1) is 63.0. The van der Waals surface area contributed by atoms with Crippen molar-refractivity contribution in [3.63, 3.8) is 0 Å². The lowest BCUT2D eigenvalue weighted by Crippen LogP contribution is -2.33. The minimum absolute atomic E-state index is 0.0604. The van der Waals surface area contributed by atoms with E-state index in [1.54, 1.807) is 21.3 Å². The lowest BCUT2D eigenvalue weighted by atomic mass is 9.80. The van der Waals surface area contributed by atoms with Gasteiger partial charge in [-0.25, -0.2) is 0 Å². The largest absolute Gasteiger partial charge is 0.496 e. The van der Waals surface area contributed by atoms with Crippen LogP contribution in [0.5, 0.6) is 23.0 Å². The lowest BCUT2D eigenvalue weighted by molar-refractivity contribution is -0.123. The molecule has 8 rings (SSSR count). The van der Waals surface area contributed by atoms with Gasteiger partial charge in [-0.1, -0.05) is 269 Å². The van der Waals surface area contributed by atoms with Gasteiger partial charge in [-0.3, -0.25) is 29.2 Å². The summed E-state index contributed by atoms with van der Waals surface area (Å²) in [4.78, 5) is 38.1. The van der Waals surface area contributed by atoms with E-state index in [0.29, 0.717) is 149 Å². The SMILES string of the molecule is CCc1cc(C(C)(C)C)cc(Cc2cc(C(C)(C)C)cc(Cc3cc(C(C)(C)C)cc(Cc4cc(C(=O)NCCCCCCCCCCCCN5CCOCCOCCN(Cc6ccccc6)CCOCCOCC5)cc(C)c4OCC(=O)NCCCCCCCCCCCCN4CCOCCOCCN(Cc5ccccc5)CCOCCOCC4)c3OC)c2OC)c1OC. The zero-order valence-corrected chi connectivity index (χ0v) is 83.3. The molecule has 2 N–H and O–H groups in total. The van der Waals surface area contributed by atoms with Crippen LogP contribution in [-0.2, 0) is 97.7 Å². The van der Waals surface area contributed by atoms with Gasteiger partial charge in [0.25, 0.3) is 11.8 Å². The molecular formula is C110H172N6O14. The molecule has 6 aromatic rings. The number of hydrogen-bond acceptors (Lipinski definition) is 18. The van der Waals surface area contributed by atoms with E-state index in [-0.39, 0.29) is 34.7 Å². The van der Waals surface area contributed by atoms with Crippen LogP contribution in [0.4, 0.5) is 0 Å². The summed E-state index contributed by atoms with van der Waals surface area (Å²) in [7, 11) is 5.34.